The molecule has 0 aliphatic carbocycles. The van der Waals surface area contributed by atoms with Gasteiger partial charge in [-0.25, -0.2) is 4.39 Å². The van der Waals surface area contributed by atoms with E-state index in [1.54, 1.807) is 12.1 Å². The molecule has 0 amide bonds. The lowest BCUT2D eigenvalue weighted by Gasteiger charge is -2.44. The fraction of sp³-hybridized carbons (Fsp3) is 0.333. The van der Waals surface area contributed by atoms with Gasteiger partial charge in [-0.1, -0.05) is 17.9 Å². The lowest BCUT2D eigenvalue weighted by molar-refractivity contribution is -0.00775. The van der Waals surface area contributed by atoms with Crippen LogP contribution in [0.5, 0.6) is 5.75 Å². The number of hydrogen-bond donors (Lipinski definition) is 0. The van der Waals surface area contributed by atoms with Crippen molar-refractivity contribution >= 4 is 0 Å². The van der Waals surface area contributed by atoms with Crippen LogP contribution in [-0.4, -0.2) is 30.6 Å². The summed E-state index contributed by atoms with van der Waals surface area (Å²) in [4.78, 5) is 2.49. The maximum Gasteiger partial charge on any atom is 0.124 e. The van der Waals surface area contributed by atoms with Crippen LogP contribution >= 0.6 is 0 Å². The largest absolute Gasteiger partial charge is 0.489 e. The molecule has 2 aromatic carbocycles. The summed E-state index contributed by atoms with van der Waals surface area (Å²) in [5, 5.41) is 0. The number of ether oxygens (including phenoxy) is 1. The van der Waals surface area contributed by atoms with Gasteiger partial charge in [-0.2, -0.15) is 0 Å². The minimum atomic E-state index is -0.261. The van der Waals surface area contributed by atoms with Crippen molar-refractivity contribution in [3.05, 3.63) is 65.5 Å². The molecule has 2 nitrogen and oxygen atoms in total. The highest BCUT2D eigenvalue weighted by molar-refractivity contribution is 5.44. The van der Waals surface area contributed by atoms with E-state index in [9.17, 15) is 4.39 Å². The first-order valence-electron chi connectivity index (χ1n) is 8.53. The molecule has 0 radical (unpaired) electrons. The highest BCUT2D eigenvalue weighted by Crippen LogP contribution is 2.30. The van der Waals surface area contributed by atoms with Crippen molar-refractivity contribution in [2.24, 2.45) is 5.92 Å². The number of rotatable bonds is 2. The number of hydrogen-bond acceptors (Lipinski definition) is 2. The van der Waals surface area contributed by atoms with Crippen molar-refractivity contribution in [3.8, 4) is 17.6 Å². The minimum absolute atomic E-state index is 0.261. The molecule has 2 bridgehead atoms. The molecule has 3 saturated heterocycles. The van der Waals surface area contributed by atoms with Crippen LogP contribution in [0.4, 0.5) is 4.39 Å². The van der Waals surface area contributed by atoms with Gasteiger partial charge in [0.2, 0.25) is 0 Å². The second-order valence-electron chi connectivity index (χ2n) is 6.58. The molecule has 3 heteroatoms. The molecule has 3 heterocycles. The van der Waals surface area contributed by atoms with Gasteiger partial charge in [0.25, 0.3) is 0 Å². The Bertz CT molecular complexity index is 766. The summed E-state index contributed by atoms with van der Waals surface area (Å²) in [5.41, 5.74) is 1.59. The number of fused-ring (bicyclic) bond motifs is 3. The van der Waals surface area contributed by atoms with Crippen LogP contribution in [0.3, 0.4) is 0 Å². The van der Waals surface area contributed by atoms with E-state index < -0.39 is 0 Å². The fourth-order valence-electron chi connectivity index (χ4n) is 3.55. The summed E-state index contributed by atoms with van der Waals surface area (Å²) in [7, 11) is 0. The molecule has 2 aromatic rings. The fourth-order valence-corrected chi connectivity index (χ4v) is 3.55. The Kier molecular flexibility index (Phi) is 4.23. The number of benzene rings is 2. The molecule has 24 heavy (non-hydrogen) atoms. The second kappa shape index (κ2) is 6.67. The Morgan fingerprint density at radius 3 is 2.38 bits per heavy atom. The lowest BCUT2D eigenvalue weighted by Crippen LogP contribution is -2.52. The Morgan fingerprint density at radius 1 is 0.958 bits per heavy atom. The summed E-state index contributed by atoms with van der Waals surface area (Å²) in [6.45, 7) is 3.49. The van der Waals surface area contributed by atoms with E-state index in [1.807, 2.05) is 24.3 Å². The summed E-state index contributed by atoms with van der Waals surface area (Å²) in [6.07, 6.45) is 2.82. The van der Waals surface area contributed by atoms with Crippen molar-refractivity contribution in [1.29, 1.82) is 0 Å². The van der Waals surface area contributed by atoms with E-state index in [0.717, 1.165) is 17.9 Å². The number of nitrogens with zero attached hydrogens (tertiary/aromatic N) is 1. The molecule has 0 saturated carbocycles. The standard InChI is InChI=1S/C21H20FNO/c22-19-3-1-2-17(14-19)5-4-16-6-8-20(9-7-16)24-21-15-23-12-10-18(21)11-13-23/h1-3,6-9,14,18,21H,10-13,15H2. The van der Waals surface area contributed by atoms with Crippen molar-refractivity contribution < 1.29 is 9.13 Å². The first-order valence-corrected chi connectivity index (χ1v) is 8.53. The van der Waals surface area contributed by atoms with Crippen LogP contribution in [0.2, 0.25) is 0 Å². The predicted molar refractivity (Wildman–Crippen MR) is 92.4 cm³/mol. The molecule has 122 valence electrons. The van der Waals surface area contributed by atoms with Gasteiger partial charge >= 0.3 is 0 Å². The zero-order valence-corrected chi connectivity index (χ0v) is 13.5. The highest BCUT2D eigenvalue weighted by Gasteiger charge is 2.35. The summed E-state index contributed by atoms with van der Waals surface area (Å²) in [6, 6.07) is 14.2. The van der Waals surface area contributed by atoms with E-state index in [4.69, 9.17) is 4.74 Å². The molecule has 5 rings (SSSR count). The third-order valence-corrected chi connectivity index (χ3v) is 4.91. The molecule has 1 atom stereocenters. The Morgan fingerprint density at radius 2 is 1.71 bits per heavy atom. The molecule has 3 aliphatic heterocycles. The van der Waals surface area contributed by atoms with Gasteiger partial charge in [-0.15, -0.1) is 0 Å². The molecule has 3 aliphatic rings. The van der Waals surface area contributed by atoms with Crippen molar-refractivity contribution in [2.75, 3.05) is 19.6 Å². The summed E-state index contributed by atoms with van der Waals surface area (Å²) >= 11 is 0. The zero-order valence-electron chi connectivity index (χ0n) is 13.5. The van der Waals surface area contributed by atoms with Crippen LogP contribution in [0, 0.1) is 23.6 Å². The van der Waals surface area contributed by atoms with E-state index in [1.165, 1.54) is 38.1 Å². The van der Waals surface area contributed by atoms with Gasteiger partial charge in [-0.3, -0.25) is 4.90 Å². The summed E-state index contributed by atoms with van der Waals surface area (Å²) in [5.74, 6) is 7.40. The van der Waals surface area contributed by atoms with Gasteiger partial charge in [0.1, 0.15) is 17.7 Å². The SMILES string of the molecule is Fc1cccc(C#Cc2ccc(OC3CN4CCC3CC4)cc2)c1. The molecule has 0 spiro atoms. The third kappa shape index (κ3) is 3.44. The average molecular weight is 321 g/mol. The Hall–Kier alpha value is -2.31. The molecule has 1 unspecified atom stereocenters. The Labute approximate surface area is 142 Å². The smallest absolute Gasteiger partial charge is 0.124 e. The first kappa shape index (κ1) is 15.2. The van der Waals surface area contributed by atoms with Gasteiger partial charge < -0.3 is 4.74 Å². The highest BCUT2D eigenvalue weighted by atomic mass is 19.1. The van der Waals surface area contributed by atoms with Crippen LogP contribution in [0.1, 0.15) is 24.0 Å². The third-order valence-electron chi connectivity index (χ3n) is 4.91. The quantitative estimate of drug-likeness (QED) is 0.782. The molecule has 3 fully saturated rings. The van der Waals surface area contributed by atoms with Crippen molar-refractivity contribution in [3.63, 3.8) is 0 Å². The van der Waals surface area contributed by atoms with Gasteiger partial charge in [0.15, 0.2) is 0 Å². The van der Waals surface area contributed by atoms with E-state index >= 15 is 0 Å². The maximum absolute atomic E-state index is 13.1. The molecular formula is C21H20FNO. The van der Waals surface area contributed by atoms with Crippen LogP contribution in [0.15, 0.2) is 48.5 Å². The predicted octanol–water partition coefficient (Wildman–Crippen LogP) is 3.70. The van der Waals surface area contributed by atoms with Crippen LogP contribution in [0.25, 0.3) is 0 Å². The normalized spacial score (nSPS) is 25.0. The molecule has 0 aromatic heterocycles. The first-order chi connectivity index (χ1) is 11.8. The van der Waals surface area contributed by atoms with Crippen LogP contribution in [-0.2, 0) is 0 Å². The van der Waals surface area contributed by atoms with E-state index in [-0.39, 0.29) is 5.82 Å². The van der Waals surface area contributed by atoms with Gasteiger partial charge in [0.05, 0.1) is 0 Å². The molecular weight excluding hydrogens is 301 g/mol. The number of piperidine rings is 3. The summed E-state index contributed by atoms with van der Waals surface area (Å²) < 4.78 is 19.3. The number of halogens is 1. The lowest BCUT2D eigenvalue weighted by atomic mass is 9.86. The Balaban J connectivity index is 1.42. The van der Waals surface area contributed by atoms with E-state index in [2.05, 4.69) is 16.7 Å². The van der Waals surface area contributed by atoms with Crippen molar-refractivity contribution in [2.45, 2.75) is 18.9 Å². The maximum atomic E-state index is 13.1. The monoisotopic (exact) mass is 321 g/mol. The minimum Gasteiger partial charge on any atom is -0.489 e. The van der Waals surface area contributed by atoms with Gasteiger partial charge in [-0.05, 0) is 74.3 Å². The average Bonchev–Trinajstić information content (AvgIpc) is 2.62. The second-order valence-corrected chi connectivity index (χ2v) is 6.58. The van der Waals surface area contributed by atoms with Crippen molar-refractivity contribution in [1.82, 2.24) is 4.90 Å². The van der Waals surface area contributed by atoms with Crippen LogP contribution < -0.4 is 4.74 Å². The topological polar surface area (TPSA) is 12.5 Å². The van der Waals surface area contributed by atoms with E-state index in [0.29, 0.717) is 17.6 Å². The van der Waals surface area contributed by atoms with Gasteiger partial charge in [0, 0.05) is 17.7 Å². The molecule has 0 N–H and O–H groups in total. The zero-order chi connectivity index (χ0) is 16.4.